The minimum atomic E-state index is -0.224. The first-order chi connectivity index (χ1) is 15.6. The van der Waals surface area contributed by atoms with Crippen molar-refractivity contribution in [3.8, 4) is 0 Å². The quantitative estimate of drug-likeness (QED) is 0.517. The summed E-state index contributed by atoms with van der Waals surface area (Å²) in [5.74, 6) is 0.0119. The average Bonchev–Trinajstić information content (AvgIpc) is 3.56. The van der Waals surface area contributed by atoms with Crippen molar-refractivity contribution in [3.05, 3.63) is 66.5 Å². The summed E-state index contributed by atoms with van der Waals surface area (Å²) in [6.45, 7) is 3.33. The minimum Gasteiger partial charge on any atom is -0.353 e. The smallest absolute Gasteiger partial charge is 0.322 e. The van der Waals surface area contributed by atoms with E-state index in [0.29, 0.717) is 13.1 Å². The second-order valence-corrected chi connectivity index (χ2v) is 8.60. The Morgan fingerprint density at radius 3 is 2.56 bits per heavy atom. The molecule has 0 unspecified atom stereocenters. The van der Waals surface area contributed by atoms with Gasteiger partial charge in [0.25, 0.3) is 0 Å². The summed E-state index contributed by atoms with van der Waals surface area (Å²) in [5.41, 5.74) is 1.87. The number of aromatic nitrogens is 1. The number of fused-ring (bicyclic) bond motifs is 1. The van der Waals surface area contributed by atoms with Gasteiger partial charge in [-0.05, 0) is 42.8 Å². The third-order valence-corrected chi connectivity index (χ3v) is 6.12. The van der Waals surface area contributed by atoms with E-state index in [4.69, 9.17) is 0 Å². The normalized spacial score (nSPS) is 13.2. The Labute approximate surface area is 189 Å². The fourth-order valence-corrected chi connectivity index (χ4v) is 4.03. The minimum absolute atomic E-state index is 0.0119. The number of unbranched alkanes of at least 4 members (excludes halogenated alkanes) is 1. The number of hydrogen-bond donors (Lipinski definition) is 1. The van der Waals surface area contributed by atoms with Crippen LogP contribution in [0.25, 0.3) is 10.8 Å². The molecule has 3 amide bonds. The van der Waals surface area contributed by atoms with Crippen molar-refractivity contribution in [2.75, 3.05) is 18.4 Å². The number of aryl methyl sites for hydroxylation is 1. The number of urea groups is 1. The lowest BCUT2D eigenvalue weighted by atomic mass is 10.1. The number of nitrogens with one attached hydrogen (secondary N) is 1. The molecule has 168 valence electrons. The molecule has 3 aromatic rings. The number of amides is 3. The van der Waals surface area contributed by atoms with Crippen molar-refractivity contribution in [3.63, 3.8) is 0 Å². The van der Waals surface area contributed by atoms with Crippen molar-refractivity contribution in [2.45, 2.75) is 45.2 Å². The highest BCUT2D eigenvalue weighted by atomic mass is 16.2. The molecule has 0 radical (unpaired) electrons. The van der Waals surface area contributed by atoms with E-state index in [0.717, 1.165) is 47.8 Å². The molecule has 2 aromatic carbocycles. The molecular weight excluding hydrogens is 400 g/mol. The average molecular weight is 433 g/mol. The molecule has 1 saturated carbocycles. The van der Waals surface area contributed by atoms with Gasteiger partial charge in [-0.15, -0.1) is 0 Å². The van der Waals surface area contributed by atoms with Crippen molar-refractivity contribution >= 4 is 28.4 Å². The third-order valence-electron chi connectivity index (χ3n) is 6.12. The summed E-state index contributed by atoms with van der Waals surface area (Å²) in [7, 11) is 2.00. The summed E-state index contributed by atoms with van der Waals surface area (Å²) < 4.78 is 2.05. The second kappa shape index (κ2) is 9.90. The van der Waals surface area contributed by atoms with Crippen LogP contribution < -0.4 is 5.32 Å². The van der Waals surface area contributed by atoms with Crippen molar-refractivity contribution in [2.24, 2.45) is 7.05 Å². The highest BCUT2D eigenvalue weighted by Gasteiger charge is 2.34. The maximum absolute atomic E-state index is 13.3. The molecule has 1 fully saturated rings. The Hall–Kier alpha value is -3.28. The van der Waals surface area contributed by atoms with Crippen LogP contribution in [0.2, 0.25) is 0 Å². The fourth-order valence-electron chi connectivity index (χ4n) is 4.03. The van der Waals surface area contributed by atoms with Gasteiger partial charge in [-0.1, -0.05) is 49.7 Å². The summed E-state index contributed by atoms with van der Waals surface area (Å²) in [5, 5.41) is 5.12. The lowest BCUT2D eigenvalue weighted by Gasteiger charge is -2.28. The molecule has 32 heavy (non-hydrogen) atoms. The van der Waals surface area contributed by atoms with Gasteiger partial charge in [-0.2, -0.15) is 0 Å². The van der Waals surface area contributed by atoms with Gasteiger partial charge in [0.05, 0.1) is 12.2 Å². The van der Waals surface area contributed by atoms with Gasteiger partial charge in [-0.25, -0.2) is 4.79 Å². The maximum Gasteiger partial charge on any atom is 0.322 e. The monoisotopic (exact) mass is 432 g/mol. The first-order valence-electron chi connectivity index (χ1n) is 11.5. The Bertz CT molecular complexity index is 1080. The largest absolute Gasteiger partial charge is 0.353 e. The SMILES string of the molecule is CCCCN(CC(=O)N(Cc1cccn1C)C1CC1)C(=O)Nc1cccc2ccccc12. The molecule has 0 atom stereocenters. The Kier molecular flexibility index (Phi) is 6.78. The van der Waals surface area contributed by atoms with Crippen LogP contribution in [0.3, 0.4) is 0 Å². The van der Waals surface area contributed by atoms with Crippen LogP contribution in [0.15, 0.2) is 60.8 Å². The van der Waals surface area contributed by atoms with E-state index in [1.54, 1.807) is 4.90 Å². The lowest BCUT2D eigenvalue weighted by molar-refractivity contribution is -0.133. The molecule has 1 N–H and O–H groups in total. The second-order valence-electron chi connectivity index (χ2n) is 8.60. The first-order valence-corrected chi connectivity index (χ1v) is 11.5. The zero-order valence-corrected chi connectivity index (χ0v) is 19.0. The Morgan fingerprint density at radius 1 is 1.06 bits per heavy atom. The molecule has 6 heteroatoms. The van der Waals surface area contributed by atoms with Gasteiger partial charge in [0.15, 0.2) is 0 Å². The van der Waals surface area contributed by atoms with Gasteiger partial charge in [0.1, 0.15) is 6.54 Å². The number of rotatable bonds is 9. The molecule has 4 rings (SSSR count). The summed E-state index contributed by atoms with van der Waals surface area (Å²) in [6.07, 6.45) is 5.89. The lowest BCUT2D eigenvalue weighted by Crippen LogP contribution is -2.45. The van der Waals surface area contributed by atoms with Gasteiger partial charge in [0, 0.05) is 36.9 Å². The van der Waals surface area contributed by atoms with Crippen LogP contribution in [-0.2, 0) is 18.4 Å². The predicted molar refractivity (Wildman–Crippen MR) is 128 cm³/mol. The number of benzene rings is 2. The number of anilines is 1. The molecule has 1 aliphatic rings. The highest BCUT2D eigenvalue weighted by Crippen LogP contribution is 2.29. The van der Waals surface area contributed by atoms with E-state index in [9.17, 15) is 9.59 Å². The number of carbonyl (C=O) groups is 2. The molecule has 0 spiro atoms. The molecule has 1 heterocycles. The molecular formula is C26H32N4O2. The molecule has 6 nitrogen and oxygen atoms in total. The van der Waals surface area contributed by atoms with Crippen molar-refractivity contribution in [1.82, 2.24) is 14.4 Å². The van der Waals surface area contributed by atoms with E-state index >= 15 is 0 Å². The standard InChI is InChI=1S/C26H32N4O2/c1-3-4-17-29(26(32)27-24-13-7-10-20-9-5-6-12-23(20)24)19-25(31)30(21-14-15-21)18-22-11-8-16-28(22)2/h5-13,16,21H,3-4,14-15,17-19H2,1-2H3,(H,27,32). The van der Waals surface area contributed by atoms with Crippen LogP contribution in [0.1, 0.15) is 38.3 Å². The molecule has 0 bridgehead atoms. The zero-order chi connectivity index (χ0) is 22.5. The highest BCUT2D eigenvalue weighted by molar-refractivity contribution is 6.02. The first kappa shape index (κ1) is 21.9. The Morgan fingerprint density at radius 2 is 1.84 bits per heavy atom. The van der Waals surface area contributed by atoms with E-state index in [1.165, 1.54) is 0 Å². The van der Waals surface area contributed by atoms with Crippen LogP contribution in [0, 0.1) is 0 Å². The van der Waals surface area contributed by atoms with Crippen LogP contribution in [-0.4, -0.2) is 45.4 Å². The van der Waals surface area contributed by atoms with E-state index < -0.39 is 0 Å². The maximum atomic E-state index is 13.3. The van der Waals surface area contributed by atoms with E-state index in [-0.39, 0.29) is 24.5 Å². The van der Waals surface area contributed by atoms with Crippen molar-refractivity contribution < 1.29 is 9.59 Å². The van der Waals surface area contributed by atoms with Gasteiger partial charge >= 0.3 is 6.03 Å². The van der Waals surface area contributed by atoms with E-state index in [2.05, 4.69) is 12.2 Å². The number of hydrogen-bond acceptors (Lipinski definition) is 2. The van der Waals surface area contributed by atoms with Gasteiger partial charge in [-0.3, -0.25) is 4.79 Å². The number of carbonyl (C=O) groups excluding carboxylic acids is 2. The molecule has 1 aliphatic carbocycles. The zero-order valence-electron chi connectivity index (χ0n) is 19.0. The molecule has 0 aliphatic heterocycles. The summed E-state index contributed by atoms with van der Waals surface area (Å²) >= 11 is 0. The topological polar surface area (TPSA) is 57.6 Å². The fraction of sp³-hybridized carbons (Fsp3) is 0.385. The molecule has 1 aromatic heterocycles. The summed E-state index contributed by atoms with van der Waals surface area (Å²) in [6, 6.07) is 18.0. The molecule has 0 saturated heterocycles. The van der Waals surface area contributed by atoms with Crippen LogP contribution in [0.4, 0.5) is 10.5 Å². The van der Waals surface area contributed by atoms with Crippen molar-refractivity contribution in [1.29, 1.82) is 0 Å². The van der Waals surface area contributed by atoms with E-state index in [1.807, 2.05) is 77.3 Å². The van der Waals surface area contributed by atoms with Crippen LogP contribution in [0.5, 0.6) is 0 Å². The van der Waals surface area contributed by atoms with Crippen LogP contribution >= 0.6 is 0 Å². The number of nitrogens with zero attached hydrogens (tertiary/aromatic N) is 3. The predicted octanol–water partition coefficient (Wildman–Crippen LogP) is 5.00. The summed E-state index contributed by atoms with van der Waals surface area (Å²) in [4.78, 5) is 30.1. The third kappa shape index (κ3) is 5.13. The van der Waals surface area contributed by atoms with Gasteiger partial charge < -0.3 is 19.7 Å². The Balaban J connectivity index is 1.48. The van der Waals surface area contributed by atoms with Gasteiger partial charge in [0.2, 0.25) is 5.91 Å².